The van der Waals surface area contributed by atoms with E-state index in [0.717, 1.165) is 63.5 Å². The van der Waals surface area contributed by atoms with Gasteiger partial charge in [-0.15, -0.1) is 0 Å². The molecule has 0 saturated carbocycles. The molecule has 9 heteroatoms. The number of hydrogen-bond acceptors (Lipinski definition) is 4. The molecule has 3 N–H and O–H groups in total. The number of nitrogens with zero attached hydrogens (tertiary/aromatic N) is 4. The van der Waals surface area contributed by atoms with Crippen LogP contribution in [0, 0.1) is 5.92 Å². The molecule has 1 aromatic rings. The topological polar surface area (TPSA) is 94.3 Å². The summed E-state index contributed by atoms with van der Waals surface area (Å²) in [4.78, 5) is 34.6. The first-order chi connectivity index (χ1) is 15.0. The summed E-state index contributed by atoms with van der Waals surface area (Å²) in [6, 6.07) is 7.61. The van der Waals surface area contributed by atoms with E-state index >= 15 is 0 Å². The van der Waals surface area contributed by atoms with Crippen LogP contribution in [0.2, 0.25) is 5.02 Å². The molecule has 31 heavy (non-hydrogen) atoms. The second-order valence-corrected chi connectivity index (χ2v) is 8.67. The van der Waals surface area contributed by atoms with Crippen molar-refractivity contribution < 1.29 is 9.59 Å². The van der Waals surface area contributed by atoms with Gasteiger partial charge in [-0.25, -0.2) is 0 Å². The van der Waals surface area contributed by atoms with E-state index in [2.05, 4.69) is 15.2 Å². The minimum atomic E-state index is -0.192. The van der Waals surface area contributed by atoms with Crippen LogP contribution in [-0.2, 0) is 16.1 Å². The van der Waals surface area contributed by atoms with Gasteiger partial charge in [-0.2, -0.15) is 0 Å². The van der Waals surface area contributed by atoms with Crippen molar-refractivity contribution in [2.24, 2.45) is 16.6 Å². The summed E-state index contributed by atoms with van der Waals surface area (Å²) in [5.41, 5.74) is 6.53. The first-order valence-corrected chi connectivity index (χ1v) is 11.3. The Kier molecular flexibility index (Phi) is 8.54. The molecular weight excluding hydrogens is 416 g/mol. The van der Waals surface area contributed by atoms with Gasteiger partial charge in [0.2, 0.25) is 11.8 Å². The van der Waals surface area contributed by atoms with Gasteiger partial charge in [0.1, 0.15) is 0 Å². The smallest absolute Gasteiger partial charge is 0.242 e. The molecule has 0 spiro atoms. The molecular formula is C22H33ClN6O2. The molecule has 2 aliphatic rings. The zero-order chi connectivity index (χ0) is 22.2. The molecule has 0 radical (unpaired) electrons. The van der Waals surface area contributed by atoms with Crippen molar-refractivity contribution in [3.05, 3.63) is 34.9 Å². The highest BCUT2D eigenvalue weighted by molar-refractivity contribution is 6.30. The lowest BCUT2D eigenvalue weighted by Crippen LogP contribution is -2.55. The van der Waals surface area contributed by atoms with Gasteiger partial charge in [0.15, 0.2) is 5.96 Å². The number of nitrogens with one attached hydrogen (secondary N) is 1. The molecule has 170 valence electrons. The molecule has 0 aromatic heterocycles. The molecule has 2 fully saturated rings. The summed E-state index contributed by atoms with van der Waals surface area (Å²) in [7, 11) is 1.75. The van der Waals surface area contributed by atoms with E-state index in [1.807, 2.05) is 34.1 Å². The number of piperidine rings is 1. The van der Waals surface area contributed by atoms with Gasteiger partial charge in [-0.05, 0) is 50.0 Å². The molecule has 0 aliphatic carbocycles. The van der Waals surface area contributed by atoms with Crippen LogP contribution in [0.25, 0.3) is 0 Å². The van der Waals surface area contributed by atoms with Crippen molar-refractivity contribution >= 4 is 29.4 Å². The average Bonchev–Trinajstić information content (AvgIpc) is 2.77. The Morgan fingerprint density at radius 1 is 1.26 bits per heavy atom. The summed E-state index contributed by atoms with van der Waals surface area (Å²) in [5, 5.41) is 4.07. The van der Waals surface area contributed by atoms with Crippen molar-refractivity contribution in [2.75, 3.05) is 52.9 Å². The van der Waals surface area contributed by atoms with Gasteiger partial charge >= 0.3 is 0 Å². The van der Waals surface area contributed by atoms with Crippen LogP contribution in [0.5, 0.6) is 0 Å². The van der Waals surface area contributed by atoms with Crippen LogP contribution < -0.4 is 11.1 Å². The Labute approximate surface area is 189 Å². The van der Waals surface area contributed by atoms with Crippen molar-refractivity contribution in [3.8, 4) is 0 Å². The average molecular weight is 449 g/mol. The Morgan fingerprint density at radius 2 is 2.03 bits per heavy atom. The molecule has 1 aromatic carbocycles. The number of guanidine groups is 1. The Hall–Kier alpha value is -2.32. The number of halogens is 1. The van der Waals surface area contributed by atoms with E-state index in [4.69, 9.17) is 17.3 Å². The molecule has 2 aliphatic heterocycles. The maximum absolute atomic E-state index is 12.6. The van der Waals surface area contributed by atoms with Crippen LogP contribution in [-0.4, -0.2) is 85.3 Å². The number of likely N-dealkylation sites (tertiary alicyclic amines) is 1. The highest BCUT2D eigenvalue weighted by Crippen LogP contribution is 2.16. The minimum absolute atomic E-state index is 0.0235. The lowest BCUT2D eigenvalue weighted by atomic mass is 9.97. The van der Waals surface area contributed by atoms with E-state index in [9.17, 15) is 9.59 Å². The normalized spacial score (nSPS) is 20.8. The van der Waals surface area contributed by atoms with Crippen molar-refractivity contribution in [1.82, 2.24) is 20.0 Å². The number of amides is 2. The Morgan fingerprint density at radius 3 is 2.71 bits per heavy atom. The third kappa shape index (κ3) is 6.83. The van der Waals surface area contributed by atoms with E-state index < -0.39 is 0 Å². The maximum Gasteiger partial charge on any atom is 0.242 e. The number of benzene rings is 1. The van der Waals surface area contributed by atoms with Crippen molar-refractivity contribution in [2.45, 2.75) is 25.8 Å². The first kappa shape index (κ1) is 23.3. The van der Waals surface area contributed by atoms with E-state index in [0.29, 0.717) is 24.7 Å². The van der Waals surface area contributed by atoms with Crippen molar-refractivity contribution in [1.29, 1.82) is 0 Å². The van der Waals surface area contributed by atoms with Gasteiger partial charge in [0.05, 0.1) is 12.5 Å². The van der Waals surface area contributed by atoms with Gasteiger partial charge < -0.3 is 25.8 Å². The number of carbonyl (C=O) groups is 2. The summed E-state index contributed by atoms with van der Waals surface area (Å²) in [6.07, 6.45) is 2.86. The number of aliphatic imine (C=N–C) groups is 1. The lowest BCUT2D eigenvalue weighted by molar-refractivity contribution is -0.135. The number of nitrogens with two attached hydrogens (primary N) is 1. The molecule has 0 bridgehead atoms. The fourth-order valence-corrected chi connectivity index (χ4v) is 4.32. The number of hydrogen-bond donors (Lipinski definition) is 2. The second-order valence-electron chi connectivity index (χ2n) is 8.23. The van der Waals surface area contributed by atoms with Crippen molar-refractivity contribution in [3.63, 3.8) is 0 Å². The predicted octanol–water partition coefficient (Wildman–Crippen LogP) is 1.15. The minimum Gasteiger partial charge on any atom is -0.369 e. The number of piperazine rings is 1. The summed E-state index contributed by atoms with van der Waals surface area (Å²) >= 11 is 5.94. The number of carbonyl (C=O) groups excluding carboxylic acids is 2. The Bertz CT molecular complexity index is 785. The second kappa shape index (κ2) is 11.3. The van der Waals surface area contributed by atoms with Crippen LogP contribution >= 0.6 is 11.6 Å². The third-order valence-electron chi connectivity index (χ3n) is 5.96. The molecule has 1 unspecified atom stereocenters. The molecule has 2 saturated heterocycles. The highest BCUT2D eigenvalue weighted by atomic mass is 35.5. The number of rotatable bonds is 7. The van der Waals surface area contributed by atoms with Gasteiger partial charge in [0.25, 0.3) is 0 Å². The Balaban J connectivity index is 1.40. The quantitative estimate of drug-likeness (QED) is 0.370. The zero-order valence-corrected chi connectivity index (χ0v) is 19.0. The van der Waals surface area contributed by atoms with Gasteiger partial charge in [-0.3, -0.25) is 14.6 Å². The summed E-state index contributed by atoms with van der Waals surface area (Å²) in [6.45, 7) is 5.77. The largest absolute Gasteiger partial charge is 0.369 e. The molecule has 8 nitrogen and oxygen atoms in total. The van der Waals surface area contributed by atoms with E-state index in [1.54, 1.807) is 7.05 Å². The van der Waals surface area contributed by atoms with Crippen LogP contribution in [0.3, 0.4) is 0 Å². The van der Waals surface area contributed by atoms with Crippen LogP contribution in [0.4, 0.5) is 0 Å². The maximum atomic E-state index is 12.6. The highest BCUT2D eigenvalue weighted by Gasteiger charge is 2.26. The molecule has 1 atom stereocenters. The molecule has 2 amide bonds. The fourth-order valence-electron chi connectivity index (χ4n) is 4.19. The summed E-state index contributed by atoms with van der Waals surface area (Å²) in [5.74, 6) is 0.635. The predicted molar refractivity (Wildman–Crippen MR) is 123 cm³/mol. The lowest BCUT2D eigenvalue weighted by Gasteiger charge is -2.36. The fraction of sp³-hybridized carbons (Fsp3) is 0.591. The molecule has 2 heterocycles. The molecule has 3 rings (SSSR count). The first-order valence-electron chi connectivity index (χ1n) is 11.0. The van der Waals surface area contributed by atoms with Gasteiger partial charge in [-0.1, -0.05) is 23.7 Å². The zero-order valence-electron chi connectivity index (χ0n) is 18.2. The summed E-state index contributed by atoms with van der Waals surface area (Å²) < 4.78 is 0. The van der Waals surface area contributed by atoms with E-state index in [-0.39, 0.29) is 17.7 Å². The number of primary amides is 1. The third-order valence-corrected chi connectivity index (χ3v) is 6.21. The SMILES string of the molecule is CN=C(NCCCN1CCCC(C(N)=O)C1)N1CCN(Cc2ccc(Cl)cc2)C(=O)C1. The van der Waals surface area contributed by atoms with Crippen LogP contribution in [0.1, 0.15) is 24.8 Å². The monoisotopic (exact) mass is 448 g/mol. The standard InChI is InChI=1S/C22H33ClN6O2/c1-25-22(26-9-3-11-27-10-2-4-18(15-27)21(24)31)29-13-12-28(20(30)16-29)14-17-5-7-19(23)8-6-17/h5-8,18H,2-4,9-16H2,1H3,(H2,24,31)(H,25,26). The van der Waals surface area contributed by atoms with Gasteiger partial charge in [0, 0.05) is 44.8 Å². The van der Waals surface area contributed by atoms with Crippen LogP contribution in [0.15, 0.2) is 29.3 Å². The van der Waals surface area contributed by atoms with E-state index in [1.165, 1.54) is 0 Å².